The molecule has 0 saturated carbocycles. The molecule has 32 heavy (non-hydrogen) atoms. The fraction of sp³-hybridized carbons (Fsp3) is 0.0870. The number of amides is 1. The number of hydrazone groups is 1. The van der Waals surface area contributed by atoms with E-state index in [0.29, 0.717) is 27.1 Å². The van der Waals surface area contributed by atoms with Crippen molar-refractivity contribution in [1.82, 2.24) is 5.43 Å². The van der Waals surface area contributed by atoms with Crippen LogP contribution in [0.4, 0.5) is 0 Å². The van der Waals surface area contributed by atoms with Gasteiger partial charge in [0.1, 0.15) is 18.1 Å². The van der Waals surface area contributed by atoms with E-state index in [4.69, 9.17) is 37.8 Å². The Morgan fingerprint density at radius 3 is 2.44 bits per heavy atom. The van der Waals surface area contributed by atoms with Gasteiger partial charge in [-0.15, -0.1) is 0 Å². The lowest BCUT2D eigenvalue weighted by molar-refractivity contribution is -0.123. The van der Waals surface area contributed by atoms with Crippen molar-refractivity contribution in [2.75, 3.05) is 6.61 Å². The zero-order valence-corrected chi connectivity index (χ0v) is 18.1. The van der Waals surface area contributed by atoms with Gasteiger partial charge in [0.25, 0.3) is 5.91 Å². The predicted octanol–water partition coefficient (Wildman–Crippen LogP) is 4.80. The molecular formula is C23H18Cl2N2O5. The molecule has 3 aromatic rings. The summed E-state index contributed by atoms with van der Waals surface area (Å²) in [6, 6.07) is 18.3. The Labute approximate surface area is 194 Å². The molecule has 0 aliphatic heterocycles. The molecule has 0 aromatic heterocycles. The maximum atomic E-state index is 12.0. The minimum atomic E-state index is -0.984. The van der Waals surface area contributed by atoms with Crippen molar-refractivity contribution < 1.29 is 24.2 Å². The Balaban J connectivity index is 1.53. The van der Waals surface area contributed by atoms with Crippen LogP contribution in [0.3, 0.4) is 0 Å². The second kappa shape index (κ2) is 11.2. The van der Waals surface area contributed by atoms with Crippen LogP contribution in [0.2, 0.25) is 10.0 Å². The van der Waals surface area contributed by atoms with E-state index in [2.05, 4.69) is 10.5 Å². The van der Waals surface area contributed by atoms with Crippen LogP contribution in [0, 0.1) is 0 Å². The summed E-state index contributed by atoms with van der Waals surface area (Å²) in [6.45, 7) is -0.0318. The lowest BCUT2D eigenvalue weighted by Gasteiger charge is -2.09. The fourth-order valence-corrected chi connectivity index (χ4v) is 3.03. The topological polar surface area (TPSA) is 97.2 Å². The Hall–Kier alpha value is -3.55. The number of benzene rings is 3. The van der Waals surface area contributed by atoms with Crippen molar-refractivity contribution in [3.8, 4) is 11.5 Å². The van der Waals surface area contributed by atoms with E-state index in [9.17, 15) is 9.59 Å². The molecule has 2 N–H and O–H groups in total. The summed E-state index contributed by atoms with van der Waals surface area (Å²) in [5.41, 5.74) is 4.05. The summed E-state index contributed by atoms with van der Waals surface area (Å²) in [7, 11) is 0. The Morgan fingerprint density at radius 1 is 0.969 bits per heavy atom. The predicted molar refractivity (Wildman–Crippen MR) is 122 cm³/mol. The van der Waals surface area contributed by atoms with Crippen LogP contribution in [0.25, 0.3) is 0 Å². The lowest BCUT2D eigenvalue weighted by Crippen LogP contribution is -2.24. The van der Waals surface area contributed by atoms with E-state index in [1.54, 1.807) is 36.4 Å². The second-order valence-electron chi connectivity index (χ2n) is 6.49. The number of nitrogens with zero attached hydrogens (tertiary/aromatic N) is 1. The van der Waals surface area contributed by atoms with Gasteiger partial charge in [-0.25, -0.2) is 10.2 Å². The molecule has 7 nitrogen and oxygen atoms in total. The summed E-state index contributed by atoms with van der Waals surface area (Å²) in [4.78, 5) is 22.9. The molecule has 164 valence electrons. The smallest absolute Gasteiger partial charge is 0.335 e. The maximum Gasteiger partial charge on any atom is 0.335 e. The summed E-state index contributed by atoms with van der Waals surface area (Å²) in [5, 5.41) is 13.7. The van der Waals surface area contributed by atoms with Gasteiger partial charge < -0.3 is 14.6 Å². The summed E-state index contributed by atoms with van der Waals surface area (Å²) in [5.74, 6) is -0.561. The molecule has 3 rings (SSSR count). The van der Waals surface area contributed by atoms with Gasteiger partial charge in [-0.2, -0.15) is 5.10 Å². The minimum Gasteiger partial charge on any atom is -0.488 e. The number of para-hydroxylation sites is 1. The molecule has 0 radical (unpaired) electrons. The van der Waals surface area contributed by atoms with E-state index < -0.39 is 11.9 Å². The van der Waals surface area contributed by atoms with Crippen molar-refractivity contribution in [3.05, 3.63) is 93.5 Å². The van der Waals surface area contributed by atoms with Gasteiger partial charge in [0.05, 0.1) is 16.8 Å². The molecule has 9 heteroatoms. The molecule has 0 unspecified atom stereocenters. The van der Waals surface area contributed by atoms with E-state index in [-0.39, 0.29) is 18.8 Å². The van der Waals surface area contributed by atoms with Crippen molar-refractivity contribution in [2.45, 2.75) is 6.61 Å². The third-order valence-corrected chi connectivity index (χ3v) is 4.69. The average molecular weight is 473 g/mol. The van der Waals surface area contributed by atoms with Crippen LogP contribution in [0.15, 0.2) is 71.8 Å². The summed E-state index contributed by atoms with van der Waals surface area (Å²) >= 11 is 11.8. The number of hydrogen-bond acceptors (Lipinski definition) is 5. The fourth-order valence-electron chi connectivity index (χ4n) is 2.56. The van der Waals surface area contributed by atoms with Crippen LogP contribution in [-0.2, 0) is 11.4 Å². The van der Waals surface area contributed by atoms with Crippen LogP contribution in [0.1, 0.15) is 21.5 Å². The Morgan fingerprint density at radius 2 is 1.72 bits per heavy atom. The van der Waals surface area contributed by atoms with Gasteiger partial charge in [0.15, 0.2) is 6.61 Å². The van der Waals surface area contributed by atoms with E-state index >= 15 is 0 Å². The molecule has 0 bridgehead atoms. The minimum absolute atomic E-state index is 0.208. The van der Waals surface area contributed by atoms with E-state index in [1.807, 2.05) is 12.1 Å². The zero-order valence-electron chi connectivity index (χ0n) is 16.6. The van der Waals surface area contributed by atoms with Gasteiger partial charge in [-0.05, 0) is 48.0 Å². The van der Waals surface area contributed by atoms with Gasteiger partial charge in [-0.3, -0.25) is 4.79 Å². The normalized spacial score (nSPS) is 10.7. The van der Waals surface area contributed by atoms with Crippen molar-refractivity contribution >= 4 is 41.3 Å². The number of ether oxygens (including phenoxy) is 2. The van der Waals surface area contributed by atoms with Crippen LogP contribution in [-0.4, -0.2) is 29.8 Å². The lowest BCUT2D eigenvalue weighted by atomic mass is 10.1. The zero-order chi connectivity index (χ0) is 22.9. The number of carboxylic acids is 1. The first-order valence-corrected chi connectivity index (χ1v) is 10.1. The monoisotopic (exact) mass is 472 g/mol. The highest BCUT2D eigenvalue weighted by atomic mass is 35.5. The van der Waals surface area contributed by atoms with Crippen molar-refractivity contribution in [1.29, 1.82) is 0 Å². The molecule has 0 aliphatic rings. The first kappa shape index (κ1) is 23.1. The number of carbonyl (C=O) groups is 2. The van der Waals surface area contributed by atoms with Crippen LogP contribution in [0.5, 0.6) is 11.5 Å². The number of halogens is 2. The number of carbonyl (C=O) groups excluding carboxylic acids is 1. The second-order valence-corrected chi connectivity index (χ2v) is 7.33. The molecule has 0 saturated heterocycles. The highest BCUT2D eigenvalue weighted by molar-refractivity contribution is 6.35. The Kier molecular flexibility index (Phi) is 8.08. The molecule has 3 aromatic carbocycles. The van der Waals surface area contributed by atoms with Gasteiger partial charge in [-0.1, -0.05) is 47.5 Å². The summed E-state index contributed by atoms with van der Waals surface area (Å²) < 4.78 is 11.2. The molecule has 0 spiro atoms. The van der Waals surface area contributed by atoms with Crippen molar-refractivity contribution in [2.24, 2.45) is 5.10 Å². The quantitative estimate of drug-likeness (QED) is 0.344. The molecule has 0 aliphatic carbocycles. The van der Waals surface area contributed by atoms with Crippen LogP contribution >= 0.6 is 23.2 Å². The average Bonchev–Trinajstić information content (AvgIpc) is 2.78. The number of nitrogens with one attached hydrogen (secondary N) is 1. The van der Waals surface area contributed by atoms with Gasteiger partial charge >= 0.3 is 5.97 Å². The summed E-state index contributed by atoms with van der Waals surface area (Å²) in [6.07, 6.45) is 1.45. The molecular weight excluding hydrogens is 455 g/mol. The third kappa shape index (κ3) is 6.73. The Bertz CT molecular complexity index is 1130. The number of aromatic carboxylic acids is 1. The van der Waals surface area contributed by atoms with Gasteiger partial charge in [0, 0.05) is 10.6 Å². The number of carboxylic acid groups (broad SMARTS) is 1. The SMILES string of the molecule is O=C(COc1ccc(Cl)cc1Cl)N/N=C/c1ccccc1OCc1ccc(C(=O)O)cc1. The molecule has 0 atom stereocenters. The van der Waals surface area contributed by atoms with Crippen LogP contribution < -0.4 is 14.9 Å². The first-order chi connectivity index (χ1) is 15.4. The largest absolute Gasteiger partial charge is 0.488 e. The molecule has 1 amide bonds. The highest BCUT2D eigenvalue weighted by Crippen LogP contribution is 2.27. The number of rotatable bonds is 9. The van der Waals surface area contributed by atoms with Crippen molar-refractivity contribution in [3.63, 3.8) is 0 Å². The third-order valence-electron chi connectivity index (χ3n) is 4.16. The maximum absolute atomic E-state index is 12.0. The first-order valence-electron chi connectivity index (χ1n) is 9.36. The number of hydrogen-bond donors (Lipinski definition) is 2. The van der Waals surface area contributed by atoms with E-state index in [1.165, 1.54) is 24.4 Å². The molecule has 0 heterocycles. The highest BCUT2D eigenvalue weighted by Gasteiger charge is 2.07. The van der Waals surface area contributed by atoms with E-state index in [0.717, 1.165) is 5.56 Å². The van der Waals surface area contributed by atoms with Gasteiger partial charge in [0.2, 0.25) is 0 Å². The standard InChI is InChI=1S/C23H18Cl2N2O5/c24-18-9-10-21(19(25)11-18)32-14-22(28)27-26-12-17-3-1-2-4-20(17)31-13-15-5-7-16(8-6-15)23(29)30/h1-12H,13-14H2,(H,27,28)(H,29,30)/b26-12+. The molecule has 0 fully saturated rings.